The zero-order valence-corrected chi connectivity index (χ0v) is 15.1. The highest BCUT2D eigenvalue weighted by Crippen LogP contribution is 2.36. The summed E-state index contributed by atoms with van der Waals surface area (Å²) in [5, 5.41) is 10.9. The third-order valence-electron chi connectivity index (χ3n) is 3.56. The van der Waals surface area contributed by atoms with Crippen molar-refractivity contribution in [1.29, 1.82) is 5.26 Å². The zero-order chi connectivity index (χ0) is 22.5. The number of amides is 1. The Bertz CT molecular complexity index is 988. The van der Waals surface area contributed by atoms with Crippen molar-refractivity contribution in [3.05, 3.63) is 53.2 Å². The van der Waals surface area contributed by atoms with Gasteiger partial charge >= 0.3 is 6.18 Å². The summed E-state index contributed by atoms with van der Waals surface area (Å²) in [6, 6.07) is 4.88. The van der Waals surface area contributed by atoms with Crippen LogP contribution in [-0.4, -0.2) is 41.2 Å². The number of amidine groups is 1. The number of rotatable bonds is 5. The molecule has 0 saturated heterocycles. The second kappa shape index (κ2) is 9.12. The van der Waals surface area contributed by atoms with Crippen LogP contribution in [0.15, 0.2) is 35.5 Å². The highest BCUT2D eigenvalue weighted by atomic mass is 19.4. The van der Waals surface area contributed by atoms with Crippen molar-refractivity contribution >= 4 is 17.7 Å². The molecule has 0 spiro atoms. The lowest BCUT2D eigenvalue weighted by Crippen LogP contribution is -2.40. The molecule has 0 aliphatic heterocycles. The molecule has 0 aliphatic rings. The fourth-order valence-corrected chi connectivity index (χ4v) is 2.11. The van der Waals surface area contributed by atoms with Crippen LogP contribution < -0.4 is 11.1 Å². The first-order chi connectivity index (χ1) is 14.1. The van der Waals surface area contributed by atoms with E-state index in [1.807, 2.05) is 0 Å². The summed E-state index contributed by atoms with van der Waals surface area (Å²) in [5.74, 6) is -2.71. The predicted molar refractivity (Wildman–Crippen MR) is 93.4 cm³/mol. The van der Waals surface area contributed by atoms with Crippen LogP contribution in [0.3, 0.4) is 0 Å². The van der Waals surface area contributed by atoms with Gasteiger partial charge in [-0.1, -0.05) is 0 Å². The molecule has 158 valence electrons. The molecule has 2 rings (SSSR count). The Morgan fingerprint density at radius 1 is 1.33 bits per heavy atom. The van der Waals surface area contributed by atoms with Crippen LogP contribution in [-0.2, 0) is 4.74 Å². The molecule has 1 unspecified atom stereocenters. The van der Waals surface area contributed by atoms with E-state index in [4.69, 9.17) is 11.0 Å². The lowest BCUT2D eigenvalue weighted by Gasteiger charge is -2.24. The molecule has 2 heterocycles. The van der Waals surface area contributed by atoms with E-state index in [9.17, 15) is 26.7 Å². The molecule has 2 atom stereocenters. The number of carbonyl (C=O) groups excluding carboxylic acids is 1. The minimum absolute atomic E-state index is 0.165. The van der Waals surface area contributed by atoms with Gasteiger partial charge in [-0.25, -0.2) is 23.7 Å². The quantitative estimate of drug-likeness (QED) is 0.428. The topological polar surface area (TPSA) is 126 Å². The maximum absolute atomic E-state index is 14.6. The largest absolute Gasteiger partial charge is 0.449 e. The number of hydrogen-bond acceptors (Lipinski definition) is 6. The van der Waals surface area contributed by atoms with Gasteiger partial charge in [0.1, 0.15) is 29.1 Å². The molecule has 8 nitrogen and oxygen atoms in total. The van der Waals surface area contributed by atoms with Gasteiger partial charge < -0.3 is 15.8 Å². The normalized spacial score (nSPS) is 13.8. The van der Waals surface area contributed by atoms with Crippen LogP contribution in [0.2, 0.25) is 0 Å². The average Bonchev–Trinajstić information content (AvgIpc) is 2.71. The Labute approximate surface area is 166 Å². The molecule has 0 aromatic carbocycles. The number of anilines is 1. The molecular weight excluding hydrogens is 415 g/mol. The third-order valence-corrected chi connectivity index (χ3v) is 3.56. The summed E-state index contributed by atoms with van der Waals surface area (Å²) in [6.45, 7) is 0. The van der Waals surface area contributed by atoms with Crippen LogP contribution in [0.1, 0.15) is 27.9 Å². The van der Waals surface area contributed by atoms with E-state index in [0.717, 1.165) is 19.3 Å². The number of hydrogen-bond donors (Lipinski definition) is 2. The molecule has 0 bridgehead atoms. The second-order valence-corrected chi connectivity index (χ2v) is 5.61. The molecule has 13 heteroatoms. The number of nitrogens with zero attached hydrogens (tertiary/aromatic N) is 4. The van der Waals surface area contributed by atoms with Crippen molar-refractivity contribution in [2.24, 2.45) is 10.7 Å². The first-order valence-corrected chi connectivity index (χ1v) is 8.00. The summed E-state index contributed by atoms with van der Waals surface area (Å²) in [6.07, 6.45) is -10.5. The number of ether oxygens (including phenoxy) is 1. The standard InChI is InChI=1S/C17H13F5N6O2/c1-25-16(24)30-14(17(20,21)22)12(19)13-9(18)3-5-11(27-13)28-15(29)10-4-2-8(6-23)7-26-10/h2-5,7,12,14H,1H3,(H2,24,25)(H,27,28,29)/t12-,14?/m1/s1. The fraction of sp³-hybridized carbons (Fsp3) is 0.235. The average molecular weight is 428 g/mol. The van der Waals surface area contributed by atoms with E-state index in [1.54, 1.807) is 6.07 Å². The molecule has 0 fully saturated rings. The van der Waals surface area contributed by atoms with Gasteiger partial charge in [-0.15, -0.1) is 0 Å². The third kappa shape index (κ3) is 5.37. The van der Waals surface area contributed by atoms with Gasteiger partial charge in [0, 0.05) is 13.2 Å². The molecule has 30 heavy (non-hydrogen) atoms. The van der Waals surface area contributed by atoms with E-state index in [0.29, 0.717) is 6.07 Å². The highest BCUT2D eigenvalue weighted by molar-refractivity contribution is 6.02. The van der Waals surface area contributed by atoms with Crippen LogP contribution >= 0.6 is 0 Å². The monoisotopic (exact) mass is 428 g/mol. The van der Waals surface area contributed by atoms with Crippen LogP contribution in [0.4, 0.5) is 27.8 Å². The highest BCUT2D eigenvalue weighted by Gasteiger charge is 2.50. The summed E-state index contributed by atoms with van der Waals surface area (Å²) in [5.41, 5.74) is 3.83. The Hall–Kier alpha value is -3.82. The zero-order valence-electron chi connectivity index (χ0n) is 15.1. The first kappa shape index (κ1) is 22.5. The fourth-order valence-electron chi connectivity index (χ4n) is 2.11. The maximum atomic E-state index is 14.6. The summed E-state index contributed by atoms with van der Waals surface area (Å²) >= 11 is 0. The molecule has 0 saturated carbocycles. The number of alkyl halides is 4. The Morgan fingerprint density at radius 2 is 2.03 bits per heavy atom. The number of nitriles is 1. The summed E-state index contributed by atoms with van der Waals surface area (Å²) in [7, 11) is 1.02. The molecule has 0 radical (unpaired) electrons. The number of aliphatic imine (C=N–C) groups is 1. The lowest BCUT2D eigenvalue weighted by molar-refractivity contribution is -0.217. The van der Waals surface area contributed by atoms with Crippen LogP contribution in [0, 0.1) is 17.1 Å². The van der Waals surface area contributed by atoms with E-state index in [1.165, 1.54) is 12.1 Å². The number of aromatic nitrogens is 2. The number of nitrogens with one attached hydrogen (secondary N) is 1. The SMILES string of the molecule is CN=C(N)OC([C@H](F)c1nc(NC(=O)c2ccc(C#N)cn2)ccc1F)C(F)(F)F. The number of nitrogens with two attached hydrogens (primary N) is 1. The van der Waals surface area contributed by atoms with E-state index in [-0.39, 0.29) is 11.3 Å². The number of carbonyl (C=O) groups is 1. The number of pyridine rings is 2. The van der Waals surface area contributed by atoms with Gasteiger partial charge in [0.25, 0.3) is 11.9 Å². The Balaban J connectivity index is 2.30. The Kier molecular flexibility index (Phi) is 6.83. The summed E-state index contributed by atoms with van der Waals surface area (Å²) < 4.78 is 72.3. The lowest BCUT2D eigenvalue weighted by atomic mass is 10.1. The van der Waals surface area contributed by atoms with Gasteiger partial charge in [0.2, 0.25) is 6.10 Å². The van der Waals surface area contributed by atoms with Crippen molar-refractivity contribution in [1.82, 2.24) is 9.97 Å². The van der Waals surface area contributed by atoms with Crippen molar-refractivity contribution in [3.63, 3.8) is 0 Å². The smallest absolute Gasteiger partial charge is 0.428 e. The van der Waals surface area contributed by atoms with Gasteiger partial charge in [0.05, 0.1) is 5.56 Å². The molecule has 3 N–H and O–H groups in total. The Morgan fingerprint density at radius 3 is 2.57 bits per heavy atom. The molecular formula is C17H13F5N6O2. The van der Waals surface area contributed by atoms with Gasteiger partial charge in [-0.2, -0.15) is 18.4 Å². The second-order valence-electron chi connectivity index (χ2n) is 5.61. The minimum Gasteiger partial charge on any atom is -0.449 e. The van der Waals surface area contributed by atoms with Gasteiger partial charge in [0.15, 0.2) is 6.17 Å². The molecule has 2 aromatic heterocycles. The molecule has 2 aromatic rings. The molecule has 0 aliphatic carbocycles. The van der Waals surface area contributed by atoms with E-state index < -0.39 is 47.7 Å². The van der Waals surface area contributed by atoms with Crippen LogP contribution in [0.25, 0.3) is 0 Å². The summed E-state index contributed by atoms with van der Waals surface area (Å²) in [4.78, 5) is 22.4. The van der Waals surface area contributed by atoms with Gasteiger partial charge in [-0.3, -0.25) is 4.79 Å². The first-order valence-electron chi connectivity index (χ1n) is 8.00. The molecule has 1 amide bonds. The van der Waals surface area contributed by atoms with E-state index in [2.05, 4.69) is 25.0 Å². The van der Waals surface area contributed by atoms with Crippen molar-refractivity contribution in [3.8, 4) is 6.07 Å². The van der Waals surface area contributed by atoms with E-state index >= 15 is 0 Å². The minimum atomic E-state index is -5.27. The van der Waals surface area contributed by atoms with Gasteiger partial charge in [-0.05, 0) is 24.3 Å². The van der Waals surface area contributed by atoms with Crippen molar-refractivity contribution in [2.45, 2.75) is 18.5 Å². The van der Waals surface area contributed by atoms with Crippen LogP contribution in [0.5, 0.6) is 0 Å². The maximum Gasteiger partial charge on any atom is 0.428 e. The predicted octanol–water partition coefficient (Wildman–Crippen LogP) is 2.64. The van der Waals surface area contributed by atoms with Crippen molar-refractivity contribution < 1.29 is 31.5 Å². The number of halogens is 5. The van der Waals surface area contributed by atoms with Crippen molar-refractivity contribution in [2.75, 3.05) is 12.4 Å².